The average molecular weight is 247 g/mol. The van der Waals surface area contributed by atoms with Gasteiger partial charge < -0.3 is 38.9 Å². The second-order valence-corrected chi connectivity index (χ2v) is 4.01. The summed E-state index contributed by atoms with van der Waals surface area (Å²) in [5, 5.41) is 9.88. The number of nitrogens with two attached hydrogens (primary N) is 4. The molecule has 7 nitrogen and oxygen atoms in total. The van der Waals surface area contributed by atoms with E-state index in [0.29, 0.717) is 26.2 Å². The molecule has 104 valence electrons. The van der Waals surface area contributed by atoms with Gasteiger partial charge in [-0.25, -0.2) is 0 Å². The molecular weight excluding hydrogens is 218 g/mol. The lowest BCUT2D eigenvalue weighted by Crippen LogP contribution is -2.52. The first-order valence-corrected chi connectivity index (χ1v) is 6.26. The summed E-state index contributed by atoms with van der Waals surface area (Å²) in [7, 11) is 0. The summed E-state index contributed by atoms with van der Waals surface area (Å²) in [5.74, 6) is 0. The highest BCUT2D eigenvalue weighted by Gasteiger charge is 2.09. The van der Waals surface area contributed by atoms with E-state index in [1.54, 1.807) is 0 Å². The Balaban J connectivity index is 3.69. The summed E-state index contributed by atoms with van der Waals surface area (Å²) in [6, 6.07) is 0.484. The molecule has 0 radical (unpaired) electrons. The van der Waals surface area contributed by atoms with Crippen LogP contribution in [-0.4, -0.2) is 64.4 Å². The van der Waals surface area contributed by atoms with Crippen molar-refractivity contribution in [3.63, 3.8) is 0 Å². The smallest absolute Gasteiger partial charge is 0.0315 e. The largest absolute Gasteiger partial charge is 0.329 e. The third-order valence-electron chi connectivity index (χ3n) is 2.51. The first kappa shape index (κ1) is 16.7. The van der Waals surface area contributed by atoms with Crippen molar-refractivity contribution in [1.29, 1.82) is 0 Å². The topological polar surface area (TPSA) is 140 Å². The van der Waals surface area contributed by atoms with Gasteiger partial charge in [0.05, 0.1) is 0 Å². The molecule has 0 aromatic heterocycles. The van der Waals surface area contributed by atoms with Crippen LogP contribution >= 0.6 is 0 Å². The third kappa shape index (κ3) is 9.42. The predicted octanol–water partition coefficient (Wildman–Crippen LogP) is -3.67. The summed E-state index contributed by atoms with van der Waals surface area (Å²) >= 11 is 0. The normalized spacial score (nSPS) is 14.8. The molecule has 2 atom stereocenters. The van der Waals surface area contributed by atoms with Crippen molar-refractivity contribution >= 4 is 0 Å². The van der Waals surface area contributed by atoms with Gasteiger partial charge in [-0.15, -0.1) is 0 Å². The van der Waals surface area contributed by atoms with Crippen LogP contribution < -0.4 is 38.9 Å². The van der Waals surface area contributed by atoms with Crippen molar-refractivity contribution in [2.24, 2.45) is 22.9 Å². The van der Waals surface area contributed by atoms with Gasteiger partial charge in [-0.05, 0) is 0 Å². The Morgan fingerprint density at radius 3 is 1.82 bits per heavy atom. The van der Waals surface area contributed by atoms with E-state index < -0.39 is 0 Å². The van der Waals surface area contributed by atoms with Crippen LogP contribution in [0.1, 0.15) is 0 Å². The summed E-state index contributed by atoms with van der Waals surface area (Å²) in [6.45, 7) is 5.64. The van der Waals surface area contributed by atoms with Gasteiger partial charge in [0.25, 0.3) is 0 Å². The molecule has 2 unspecified atom stereocenters. The highest BCUT2D eigenvalue weighted by molar-refractivity contribution is 4.76. The molecule has 0 aliphatic rings. The van der Waals surface area contributed by atoms with E-state index >= 15 is 0 Å². The van der Waals surface area contributed by atoms with Crippen LogP contribution in [0, 0.1) is 0 Å². The van der Waals surface area contributed by atoms with Gasteiger partial charge in [0.2, 0.25) is 0 Å². The Hall–Kier alpha value is -0.280. The Kier molecular flexibility index (Phi) is 12.0. The molecule has 0 aromatic carbocycles. The van der Waals surface area contributed by atoms with Crippen molar-refractivity contribution in [2.45, 2.75) is 12.1 Å². The van der Waals surface area contributed by atoms with Crippen molar-refractivity contribution in [2.75, 3.05) is 52.4 Å². The van der Waals surface area contributed by atoms with Gasteiger partial charge in [-0.1, -0.05) is 0 Å². The van der Waals surface area contributed by atoms with E-state index in [1.165, 1.54) is 0 Å². The second kappa shape index (κ2) is 12.2. The SMILES string of the molecule is NCCNCC(CN)NCC(CN)NCCN. The molecule has 0 rings (SSSR count). The molecular formula is C10H29N7. The number of rotatable bonds is 12. The summed E-state index contributed by atoms with van der Waals surface area (Å²) in [6.07, 6.45) is 0. The van der Waals surface area contributed by atoms with E-state index in [1.807, 2.05) is 0 Å². The van der Waals surface area contributed by atoms with Crippen molar-refractivity contribution in [1.82, 2.24) is 16.0 Å². The monoisotopic (exact) mass is 247 g/mol. The average Bonchev–Trinajstić information content (AvgIpc) is 2.36. The number of hydrogen-bond donors (Lipinski definition) is 7. The minimum atomic E-state index is 0.238. The molecule has 0 fully saturated rings. The maximum atomic E-state index is 5.68. The Morgan fingerprint density at radius 1 is 0.706 bits per heavy atom. The summed E-state index contributed by atoms with van der Waals surface area (Å²) in [4.78, 5) is 0. The van der Waals surface area contributed by atoms with Crippen LogP contribution in [0.5, 0.6) is 0 Å². The molecule has 0 aliphatic carbocycles. The fourth-order valence-electron chi connectivity index (χ4n) is 1.45. The zero-order chi connectivity index (χ0) is 12.9. The van der Waals surface area contributed by atoms with Crippen LogP contribution in [0.2, 0.25) is 0 Å². The predicted molar refractivity (Wildman–Crippen MR) is 72.7 cm³/mol. The van der Waals surface area contributed by atoms with E-state index in [2.05, 4.69) is 16.0 Å². The summed E-state index contributed by atoms with van der Waals surface area (Å²) < 4.78 is 0. The molecule has 7 heteroatoms. The van der Waals surface area contributed by atoms with Crippen LogP contribution in [0.15, 0.2) is 0 Å². The first-order chi connectivity index (χ1) is 8.28. The minimum absolute atomic E-state index is 0.238. The molecule has 0 amide bonds. The highest BCUT2D eigenvalue weighted by atomic mass is 15.0. The van der Waals surface area contributed by atoms with Gasteiger partial charge in [0.1, 0.15) is 0 Å². The third-order valence-corrected chi connectivity index (χ3v) is 2.51. The van der Waals surface area contributed by atoms with Crippen LogP contribution in [0.25, 0.3) is 0 Å². The van der Waals surface area contributed by atoms with Gasteiger partial charge in [-0.2, -0.15) is 0 Å². The van der Waals surface area contributed by atoms with Gasteiger partial charge in [-0.3, -0.25) is 0 Å². The number of nitrogens with one attached hydrogen (secondary N) is 3. The lowest BCUT2D eigenvalue weighted by atomic mass is 10.2. The zero-order valence-electron chi connectivity index (χ0n) is 10.6. The second-order valence-electron chi connectivity index (χ2n) is 4.01. The Bertz CT molecular complexity index is 156. The Morgan fingerprint density at radius 2 is 1.29 bits per heavy atom. The van der Waals surface area contributed by atoms with E-state index in [0.717, 1.165) is 26.2 Å². The van der Waals surface area contributed by atoms with Crippen molar-refractivity contribution in [3.8, 4) is 0 Å². The lowest BCUT2D eigenvalue weighted by molar-refractivity contribution is 0.425. The molecule has 0 aliphatic heterocycles. The van der Waals surface area contributed by atoms with Gasteiger partial charge >= 0.3 is 0 Å². The molecule has 17 heavy (non-hydrogen) atoms. The maximum absolute atomic E-state index is 5.68. The van der Waals surface area contributed by atoms with E-state index in [9.17, 15) is 0 Å². The molecule has 0 saturated carbocycles. The molecule has 0 heterocycles. The summed E-state index contributed by atoms with van der Waals surface area (Å²) in [5.41, 5.74) is 22.2. The quantitative estimate of drug-likeness (QED) is 0.176. The van der Waals surface area contributed by atoms with Crippen molar-refractivity contribution in [3.05, 3.63) is 0 Å². The minimum Gasteiger partial charge on any atom is -0.329 e. The van der Waals surface area contributed by atoms with E-state index in [4.69, 9.17) is 22.9 Å². The van der Waals surface area contributed by atoms with Crippen LogP contribution in [-0.2, 0) is 0 Å². The standard InChI is InChI=1S/C10H29N7/c11-1-3-15-7-9(5-13)17-8-10(6-14)16-4-2-12/h9-10,15-17H,1-8,11-14H2. The fraction of sp³-hybridized carbons (Fsp3) is 1.00. The molecule has 0 bridgehead atoms. The maximum Gasteiger partial charge on any atom is 0.0315 e. The van der Waals surface area contributed by atoms with E-state index in [-0.39, 0.29) is 12.1 Å². The van der Waals surface area contributed by atoms with Crippen LogP contribution in [0.4, 0.5) is 0 Å². The Labute approximate surface area is 104 Å². The highest BCUT2D eigenvalue weighted by Crippen LogP contribution is 1.82. The molecule has 0 spiro atoms. The van der Waals surface area contributed by atoms with Gasteiger partial charge in [0.15, 0.2) is 0 Å². The molecule has 11 N–H and O–H groups in total. The fourth-order valence-corrected chi connectivity index (χ4v) is 1.45. The van der Waals surface area contributed by atoms with Crippen LogP contribution in [0.3, 0.4) is 0 Å². The lowest BCUT2D eigenvalue weighted by Gasteiger charge is -2.22. The zero-order valence-corrected chi connectivity index (χ0v) is 10.6. The van der Waals surface area contributed by atoms with Gasteiger partial charge in [0, 0.05) is 64.4 Å². The van der Waals surface area contributed by atoms with Crippen molar-refractivity contribution < 1.29 is 0 Å². The molecule has 0 aromatic rings. The first-order valence-electron chi connectivity index (χ1n) is 6.26. The molecule has 0 saturated heterocycles. The number of hydrogen-bond acceptors (Lipinski definition) is 7.